The van der Waals surface area contributed by atoms with Gasteiger partial charge in [-0.3, -0.25) is 9.89 Å². The highest BCUT2D eigenvalue weighted by atomic mass is 32.1. The van der Waals surface area contributed by atoms with Crippen molar-refractivity contribution in [2.75, 3.05) is 0 Å². The number of H-pyrrole nitrogens is 1. The molecule has 130 valence electrons. The van der Waals surface area contributed by atoms with Gasteiger partial charge in [-0.05, 0) is 42.5 Å². The normalized spacial score (nSPS) is 14.0. The lowest BCUT2D eigenvalue weighted by atomic mass is 10.2. The summed E-state index contributed by atoms with van der Waals surface area (Å²) in [6.45, 7) is 0.228. The van der Waals surface area contributed by atoms with Gasteiger partial charge in [0, 0.05) is 22.6 Å². The molecule has 8 nitrogen and oxygen atoms in total. The zero-order chi connectivity index (χ0) is 17.5. The number of nitrogens with one attached hydrogen (secondary N) is 2. The maximum atomic E-state index is 12.3. The van der Waals surface area contributed by atoms with Crippen LogP contribution < -0.4 is 5.32 Å². The first-order valence-electron chi connectivity index (χ1n) is 8.35. The highest BCUT2D eigenvalue weighted by Gasteiger charge is 2.26. The van der Waals surface area contributed by atoms with E-state index in [2.05, 4.69) is 30.8 Å². The second-order valence-electron chi connectivity index (χ2n) is 6.28. The van der Waals surface area contributed by atoms with E-state index < -0.39 is 0 Å². The SMILES string of the molecule is O=C(NCc1nnc2ccc(-c3ccsc3)nn12)c1cc(C2CC2)[nH]n1. The van der Waals surface area contributed by atoms with Gasteiger partial charge in [-0.15, -0.1) is 10.2 Å². The monoisotopic (exact) mass is 365 g/mol. The quantitative estimate of drug-likeness (QED) is 0.565. The summed E-state index contributed by atoms with van der Waals surface area (Å²) >= 11 is 1.62. The number of amides is 1. The first kappa shape index (κ1) is 15.2. The predicted octanol–water partition coefficient (Wildman–Crippen LogP) is 2.38. The van der Waals surface area contributed by atoms with E-state index in [1.807, 2.05) is 35.0 Å². The van der Waals surface area contributed by atoms with Gasteiger partial charge in [-0.25, -0.2) is 0 Å². The van der Waals surface area contributed by atoms with Gasteiger partial charge in [-0.2, -0.15) is 26.0 Å². The lowest BCUT2D eigenvalue weighted by Crippen LogP contribution is -2.24. The molecule has 1 fully saturated rings. The zero-order valence-electron chi connectivity index (χ0n) is 13.7. The number of aromatic amines is 1. The Bertz CT molecular complexity index is 1080. The summed E-state index contributed by atoms with van der Waals surface area (Å²) in [7, 11) is 0. The van der Waals surface area contributed by atoms with Crippen molar-refractivity contribution in [2.45, 2.75) is 25.3 Å². The van der Waals surface area contributed by atoms with Gasteiger partial charge in [0.1, 0.15) is 5.69 Å². The van der Waals surface area contributed by atoms with Gasteiger partial charge in [-0.1, -0.05) is 0 Å². The fraction of sp³-hybridized carbons (Fsp3) is 0.235. The van der Waals surface area contributed by atoms with Crippen molar-refractivity contribution in [2.24, 2.45) is 0 Å². The second-order valence-corrected chi connectivity index (χ2v) is 7.06. The molecule has 4 aromatic rings. The fourth-order valence-corrected chi connectivity index (χ4v) is 3.46. The Balaban J connectivity index is 1.35. The van der Waals surface area contributed by atoms with Gasteiger partial charge in [0.15, 0.2) is 11.5 Å². The van der Waals surface area contributed by atoms with E-state index in [0.29, 0.717) is 23.1 Å². The maximum Gasteiger partial charge on any atom is 0.272 e. The highest BCUT2D eigenvalue weighted by Crippen LogP contribution is 2.38. The summed E-state index contributed by atoms with van der Waals surface area (Å²) < 4.78 is 1.66. The Morgan fingerprint density at radius 1 is 1.31 bits per heavy atom. The average Bonchev–Trinajstić information content (AvgIpc) is 3.09. The largest absolute Gasteiger partial charge is 0.343 e. The van der Waals surface area contributed by atoms with Crippen molar-refractivity contribution in [3.05, 3.63) is 52.2 Å². The minimum absolute atomic E-state index is 0.228. The summed E-state index contributed by atoms with van der Waals surface area (Å²) in [6.07, 6.45) is 2.32. The van der Waals surface area contributed by atoms with E-state index in [4.69, 9.17) is 0 Å². The summed E-state index contributed by atoms with van der Waals surface area (Å²) in [4.78, 5) is 12.3. The summed E-state index contributed by atoms with van der Waals surface area (Å²) in [5, 5.41) is 26.7. The standard InChI is InChI=1S/C17H15N7OS/c25-17(14-7-13(19-20-14)10-1-2-10)18-8-16-22-21-15-4-3-12(23-24(15)16)11-5-6-26-9-11/h3-7,9-10H,1-2,8H2,(H,18,25)(H,19,20). The average molecular weight is 365 g/mol. The van der Waals surface area contributed by atoms with Crippen LogP contribution in [0.3, 0.4) is 0 Å². The molecule has 4 aromatic heterocycles. The number of rotatable bonds is 5. The molecule has 0 aromatic carbocycles. The van der Waals surface area contributed by atoms with E-state index in [-0.39, 0.29) is 12.5 Å². The van der Waals surface area contributed by atoms with Crippen LogP contribution >= 0.6 is 11.3 Å². The third-order valence-electron chi connectivity index (χ3n) is 4.40. The Morgan fingerprint density at radius 2 is 2.23 bits per heavy atom. The highest BCUT2D eigenvalue weighted by molar-refractivity contribution is 7.08. The van der Waals surface area contributed by atoms with E-state index in [1.165, 1.54) is 0 Å². The molecule has 5 rings (SSSR count). The van der Waals surface area contributed by atoms with Gasteiger partial charge in [0.25, 0.3) is 5.91 Å². The molecule has 0 spiro atoms. The number of carbonyl (C=O) groups excluding carboxylic acids is 1. The molecule has 0 saturated heterocycles. The van der Waals surface area contributed by atoms with Crippen molar-refractivity contribution in [3.63, 3.8) is 0 Å². The molecular formula is C17H15N7OS. The first-order valence-corrected chi connectivity index (χ1v) is 9.29. The van der Waals surface area contributed by atoms with Crippen LogP contribution in [0.15, 0.2) is 35.0 Å². The smallest absolute Gasteiger partial charge is 0.272 e. The number of carbonyl (C=O) groups is 1. The second kappa shape index (κ2) is 6.03. The number of nitrogens with zero attached hydrogens (tertiary/aromatic N) is 5. The van der Waals surface area contributed by atoms with Crippen LogP contribution in [0.4, 0.5) is 0 Å². The van der Waals surface area contributed by atoms with Gasteiger partial charge in [0.05, 0.1) is 12.2 Å². The minimum Gasteiger partial charge on any atom is -0.343 e. The lowest BCUT2D eigenvalue weighted by molar-refractivity contribution is 0.0944. The third kappa shape index (κ3) is 2.76. The Morgan fingerprint density at radius 3 is 3.04 bits per heavy atom. The lowest BCUT2D eigenvalue weighted by Gasteiger charge is -2.03. The molecule has 0 aliphatic heterocycles. The van der Waals surface area contributed by atoms with E-state index in [1.54, 1.807) is 15.9 Å². The molecule has 9 heteroatoms. The minimum atomic E-state index is -0.237. The molecule has 0 unspecified atom stereocenters. The van der Waals surface area contributed by atoms with Crippen molar-refractivity contribution >= 4 is 22.9 Å². The van der Waals surface area contributed by atoms with Crippen molar-refractivity contribution in [1.29, 1.82) is 0 Å². The molecule has 26 heavy (non-hydrogen) atoms. The van der Waals surface area contributed by atoms with Crippen LogP contribution in [-0.4, -0.2) is 35.9 Å². The van der Waals surface area contributed by atoms with E-state index in [0.717, 1.165) is 29.8 Å². The molecular weight excluding hydrogens is 350 g/mol. The first-order chi connectivity index (χ1) is 12.8. The van der Waals surface area contributed by atoms with E-state index in [9.17, 15) is 4.79 Å². The maximum absolute atomic E-state index is 12.3. The summed E-state index contributed by atoms with van der Waals surface area (Å²) in [5.74, 6) is 0.867. The van der Waals surface area contributed by atoms with Crippen LogP contribution in [0.25, 0.3) is 16.9 Å². The molecule has 0 atom stereocenters. The number of thiophene rings is 1. The molecule has 4 heterocycles. The van der Waals surface area contributed by atoms with Crippen LogP contribution in [0, 0.1) is 0 Å². The molecule has 2 N–H and O–H groups in total. The molecule has 0 bridgehead atoms. The molecule has 1 aliphatic carbocycles. The Hall–Kier alpha value is -3.07. The van der Waals surface area contributed by atoms with Gasteiger partial charge in [0.2, 0.25) is 0 Å². The molecule has 1 aliphatic rings. The van der Waals surface area contributed by atoms with Gasteiger partial charge < -0.3 is 5.32 Å². The van der Waals surface area contributed by atoms with E-state index >= 15 is 0 Å². The third-order valence-corrected chi connectivity index (χ3v) is 5.08. The Labute approximate surface area is 152 Å². The van der Waals surface area contributed by atoms with Crippen LogP contribution in [0.5, 0.6) is 0 Å². The summed E-state index contributed by atoms with van der Waals surface area (Å²) in [6, 6.07) is 7.62. The van der Waals surface area contributed by atoms with Crippen molar-refractivity contribution < 1.29 is 4.79 Å². The predicted molar refractivity (Wildman–Crippen MR) is 95.8 cm³/mol. The number of hydrogen-bond acceptors (Lipinski definition) is 6. The number of fused-ring (bicyclic) bond motifs is 1. The number of hydrogen-bond donors (Lipinski definition) is 2. The van der Waals surface area contributed by atoms with Crippen LogP contribution in [0.1, 0.15) is 40.8 Å². The topological polar surface area (TPSA) is 101 Å². The summed E-state index contributed by atoms with van der Waals surface area (Å²) in [5.41, 5.74) is 3.96. The van der Waals surface area contributed by atoms with Crippen molar-refractivity contribution in [1.82, 2.24) is 35.3 Å². The van der Waals surface area contributed by atoms with Crippen LogP contribution in [-0.2, 0) is 6.54 Å². The van der Waals surface area contributed by atoms with Crippen molar-refractivity contribution in [3.8, 4) is 11.3 Å². The zero-order valence-corrected chi connectivity index (χ0v) is 14.5. The van der Waals surface area contributed by atoms with Gasteiger partial charge >= 0.3 is 0 Å². The van der Waals surface area contributed by atoms with Crippen LogP contribution in [0.2, 0.25) is 0 Å². The number of aromatic nitrogens is 6. The molecule has 0 radical (unpaired) electrons. The fourth-order valence-electron chi connectivity index (χ4n) is 2.81. The Kier molecular flexibility index (Phi) is 3.52. The molecule has 1 amide bonds. The molecule has 1 saturated carbocycles.